The Morgan fingerprint density at radius 2 is 1.02 bits per heavy atom. The summed E-state index contributed by atoms with van der Waals surface area (Å²) in [6.45, 7) is 3.79. The third-order valence-electron chi connectivity index (χ3n) is 8.63. The van der Waals surface area contributed by atoms with Gasteiger partial charge in [-0.1, -0.05) is 59.1 Å². The number of ether oxygens (including phenoxy) is 1. The second kappa shape index (κ2) is 12.6. The molecule has 232 valence electrons. The van der Waals surface area contributed by atoms with Crippen LogP contribution >= 0.6 is 11.6 Å². The van der Waals surface area contributed by atoms with Crippen LogP contribution < -0.4 is 4.74 Å². The lowest BCUT2D eigenvalue weighted by Crippen LogP contribution is -1.99. The molecule has 0 bridgehead atoms. The average molecular weight is 639 g/mol. The number of hydrogen-bond acceptors (Lipinski definition) is 3. The molecule has 0 fully saturated rings. The van der Waals surface area contributed by atoms with Gasteiger partial charge in [-0.15, -0.1) is 0 Å². The monoisotopic (exact) mass is 638 g/mol. The van der Waals surface area contributed by atoms with Crippen molar-refractivity contribution >= 4 is 23.2 Å². The predicted molar refractivity (Wildman–Crippen MR) is 175 cm³/mol. The molecule has 2 aliphatic carbocycles. The van der Waals surface area contributed by atoms with Crippen LogP contribution in [0.25, 0.3) is 33.4 Å². The Kier molecular flexibility index (Phi) is 8.58. The zero-order valence-corrected chi connectivity index (χ0v) is 26.3. The molecular weight excluding hydrogens is 609 g/mol. The number of fused-ring (bicyclic) bond motifs is 2. The van der Waals surface area contributed by atoms with Gasteiger partial charge in [0.2, 0.25) is 0 Å². The summed E-state index contributed by atoms with van der Waals surface area (Å²) in [6, 6.07) is 21.3. The van der Waals surface area contributed by atoms with Gasteiger partial charge in [0.1, 0.15) is 23.2 Å². The lowest BCUT2D eigenvalue weighted by Gasteiger charge is -2.17. The summed E-state index contributed by atoms with van der Waals surface area (Å²) >= 11 is 6.36. The maximum absolute atomic E-state index is 14.7. The van der Waals surface area contributed by atoms with Gasteiger partial charge < -0.3 is 4.74 Å². The third-order valence-corrected chi connectivity index (χ3v) is 9.06. The van der Waals surface area contributed by atoms with Gasteiger partial charge in [0.15, 0.2) is 11.6 Å². The maximum Gasteiger partial charge on any atom is 0.163 e. The smallest absolute Gasteiger partial charge is 0.163 e. The maximum atomic E-state index is 14.7. The zero-order valence-electron chi connectivity index (χ0n) is 25.6. The summed E-state index contributed by atoms with van der Waals surface area (Å²) in [5, 5.41) is 0.459. The highest BCUT2D eigenvalue weighted by Crippen LogP contribution is 2.43. The van der Waals surface area contributed by atoms with Crippen LogP contribution in [0.1, 0.15) is 55.8 Å². The molecule has 0 amide bonds. The third kappa shape index (κ3) is 5.74. The molecule has 0 saturated heterocycles. The Morgan fingerprint density at radius 1 is 0.543 bits per heavy atom. The first-order valence-electron chi connectivity index (χ1n) is 15.0. The van der Waals surface area contributed by atoms with Crippen molar-refractivity contribution in [2.45, 2.75) is 39.5 Å². The van der Waals surface area contributed by atoms with E-state index in [1.807, 2.05) is 13.8 Å². The molecule has 0 aromatic heterocycles. The van der Waals surface area contributed by atoms with E-state index in [9.17, 15) is 22.8 Å². The molecule has 3 nitrogen and oxygen atoms in total. The van der Waals surface area contributed by atoms with E-state index >= 15 is 0 Å². The highest BCUT2D eigenvalue weighted by Gasteiger charge is 2.28. The first-order valence-corrected chi connectivity index (χ1v) is 15.4. The van der Waals surface area contributed by atoms with Crippen LogP contribution in [-0.4, -0.2) is 18.7 Å². The summed E-state index contributed by atoms with van der Waals surface area (Å²) in [4.78, 5) is 23.9. The van der Waals surface area contributed by atoms with Gasteiger partial charge in [-0.3, -0.25) is 9.59 Å². The van der Waals surface area contributed by atoms with Gasteiger partial charge in [-0.05, 0) is 91.4 Å². The van der Waals surface area contributed by atoms with Crippen molar-refractivity contribution in [3.63, 3.8) is 0 Å². The van der Waals surface area contributed by atoms with Gasteiger partial charge in [-0.2, -0.15) is 0 Å². The molecule has 0 atom stereocenters. The molecule has 0 N–H and O–H groups in total. The van der Waals surface area contributed by atoms with Gasteiger partial charge in [-0.25, -0.2) is 13.2 Å². The molecule has 7 rings (SSSR count). The zero-order chi connectivity index (χ0) is 32.7. The number of benzene rings is 5. The highest BCUT2D eigenvalue weighted by atomic mass is 35.5. The summed E-state index contributed by atoms with van der Waals surface area (Å²) in [7, 11) is 1.53. The second-order valence-electron chi connectivity index (χ2n) is 11.6. The van der Waals surface area contributed by atoms with E-state index in [0.29, 0.717) is 81.0 Å². The molecule has 0 spiro atoms. The standard InChI is InChI=1S/C23H18F2O.C16H12ClFO2/c1-13-3-8-20(24)18(11-13)17-6-5-15-16(7-10-22(15)26)23(17)19-12-14(2)4-9-21(19)25;1-20-9-2-6-14(18)13(8-9)12-4-3-10-11(16(12)17)5-7-15(10)19/h3-6,8-9,11-12H,7,10H2,1-2H3;2-4,6,8H,5,7H2,1H3. The molecule has 0 aliphatic heterocycles. The highest BCUT2D eigenvalue weighted by molar-refractivity contribution is 6.35. The number of rotatable bonds is 4. The Balaban J connectivity index is 0.000000167. The van der Waals surface area contributed by atoms with Crippen LogP contribution in [0.15, 0.2) is 78.9 Å². The Morgan fingerprint density at radius 3 is 1.65 bits per heavy atom. The second-order valence-corrected chi connectivity index (χ2v) is 12.0. The van der Waals surface area contributed by atoms with Crippen LogP contribution in [0.3, 0.4) is 0 Å². The number of methoxy groups -OCH3 is 1. The molecule has 0 heterocycles. The molecule has 5 aromatic rings. The van der Waals surface area contributed by atoms with E-state index in [1.165, 1.54) is 25.3 Å². The largest absolute Gasteiger partial charge is 0.497 e. The van der Waals surface area contributed by atoms with Crippen molar-refractivity contribution in [3.8, 4) is 39.1 Å². The van der Waals surface area contributed by atoms with Gasteiger partial charge in [0.05, 0.1) is 12.1 Å². The number of Topliss-reactive ketones (excluding diaryl/α,β-unsaturated/α-hetero) is 2. The lowest BCUT2D eigenvalue weighted by atomic mass is 9.87. The van der Waals surface area contributed by atoms with Crippen molar-refractivity contribution in [2.24, 2.45) is 0 Å². The fourth-order valence-electron chi connectivity index (χ4n) is 6.30. The van der Waals surface area contributed by atoms with Gasteiger partial charge in [0, 0.05) is 46.2 Å². The minimum Gasteiger partial charge on any atom is -0.497 e. The summed E-state index contributed by atoms with van der Waals surface area (Å²) in [5.74, 6) is -0.358. The van der Waals surface area contributed by atoms with Crippen LogP contribution in [0.5, 0.6) is 5.75 Å². The predicted octanol–water partition coefficient (Wildman–Crippen LogP) is 10.3. The Hall–Kier alpha value is -4.68. The average Bonchev–Trinajstić information content (AvgIpc) is 3.62. The molecule has 0 radical (unpaired) electrons. The first kappa shape index (κ1) is 31.3. The summed E-state index contributed by atoms with van der Waals surface area (Å²) in [5.41, 5.74) is 7.86. The number of halogens is 4. The van der Waals surface area contributed by atoms with Crippen molar-refractivity contribution in [3.05, 3.63) is 135 Å². The molecular formula is C39H30ClF3O3. The summed E-state index contributed by atoms with van der Waals surface area (Å²) in [6.07, 6.45) is 2.05. The topological polar surface area (TPSA) is 43.4 Å². The molecule has 2 aliphatic rings. The van der Waals surface area contributed by atoms with Crippen molar-refractivity contribution in [1.29, 1.82) is 0 Å². The minimum absolute atomic E-state index is 0.0607. The normalized spacial score (nSPS) is 13.3. The van der Waals surface area contributed by atoms with Crippen LogP contribution in [0, 0.1) is 31.3 Å². The van der Waals surface area contributed by atoms with Gasteiger partial charge >= 0.3 is 0 Å². The minimum atomic E-state index is -0.364. The van der Waals surface area contributed by atoms with E-state index in [-0.39, 0.29) is 29.0 Å². The number of hydrogen-bond donors (Lipinski definition) is 0. The van der Waals surface area contributed by atoms with Crippen molar-refractivity contribution < 1.29 is 27.5 Å². The van der Waals surface area contributed by atoms with E-state index in [1.54, 1.807) is 60.7 Å². The van der Waals surface area contributed by atoms with Gasteiger partial charge in [0.25, 0.3) is 0 Å². The lowest BCUT2D eigenvalue weighted by molar-refractivity contribution is 0.0986. The number of ketones is 2. The Labute approximate surface area is 270 Å². The molecule has 7 heteroatoms. The molecule has 0 saturated carbocycles. The summed E-state index contributed by atoms with van der Waals surface area (Å²) < 4.78 is 48.5. The number of aryl methyl sites for hydroxylation is 2. The van der Waals surface area contributed by atoms with Crippen molar-refractivity contribution in [2.75, 3.05) is 7.11 Å². The number of carbonyl (C=O) groups excluding carboxylic acids is 2. The van der Waals surface area contributed by atoms with E-state index in [4.69, 9.17) is 16.3 Å². The Bertz CT molecular complexity index is 2050. The number of carbonyl (C=O) groups is 2. The fraction of sp³-hybridized carbons (Fsp3) is 0.179. The molecule has 0 unspecified atom stereocenters. The van der Waals surface area contributed by atoms with Crippen molar-refractivity contribution in [1.82, 2.24) is 0 Å². The SMILES string of the molecule is COc1ccc(F)c(-c2ccc3c(c2Cl)CCC3=O)c1.Cc1ccc(F)c(-c2ccc3c(c2-c2cc(C)ccc2F)CCC3=O)c1. The van der Waals surface area contributed by atoms with Crippen LogP contribution in [0.2, 0.25) is 5.02 Å². The van der Waals surface area contributed by atoms with E-state index in [0.717, 1.165) is 22.3 Å². The fourth-order valence-corrected chi connectivity index (χ4v) is 6.66. The van der Waals surface area contributed by atoms with E-state index < -0.39 is 0 Å². The first-order chi connectivity index (χ1) is 22.1. The molecule has 5 aromatic carbocycles. The van der Waals surface area contributed by atoms with Crippen LogP contribution in [-0.2, 0) is 12.8 Å². The van der Waals surface area contributed by atoms with Crippen LogP contribution in [0.4, 0.5) is 13.2 Å². The molecule has 46 heavy (non-hydrogen) atoms. The van der Waals surface area contributed by atoms with E-state index in [2.05, 4.69) is 0 Å². The quantitative estimate of drug-likeness (QED) is 0.197.